The number of nitrogens with zero attached hydrogens (tertiary/aromatic N) is 1. The number of amides is 1. The molecule has 6 heteroatoms. The van der Waals surface area contributed by atoms with E-state index in [0.717, 1.165) is 30.2 Å². The summed E-state index contributed by atoms with van der Waals surface area (Å²) in [6.07, 6.45) is 2.01. The fraction of sp³-hybridized carbons (Fsp3) is 0.421. The van der Waals surface area contributed by atoms with Crippen molar-refractivity contribution >= 4 is 5.91 Å². The van der Waals surface area contributed by atoms with E-state index in [1.165, 1.54) is 0 Å². The van der Waals surface area contributed by atoms with Crippen LogP contribution in [0.15, 0.2) is 47.1 Å². The van der Waals surface area contributed by atoms with Gasteiger partial charge in [-0.05, 0) is 29.8 Å². The molecule has 134 valence electrons. The Labute approximate surface area is 147 Å². The SMILES string of the molecule is COc1ccc(CC(=O)NCC(c2ccco2)N2CCOCC2)cc1. The summed E-state index contributed by atoms with van der Waals surface area (Å²) >= 11 is 0. The van der Waals surface area contributed by atoms with E-state index >= 15 is 0 Å². The highest BCUT2D eigenvalue weighted by Crippen LogP contribution is 2.21. The topological polar surface area (TPSA) is 63.9 Å². The molecule has 25 heavy (non-hydrogen) atoms. The Balaban J connectivity index is 1.57. The van der Waals surface area contributed by atoms with Crippen LogP contribution in [0.3, 0.4) is 0 Å². The first-order valence-electron chi connectivity index (χ1n) is 8.51. The number of ether oxygens (including phenoxy) is 2. The predicted molar refractivity (Wildman–Crippen MR) is 93.5 cm³/mol. The van der Waals surface area contributed by atoms with Crippen molar-refractivity contribution in [2.75, 3.05) is 40.0 Å². The minimum Gasteiger partial charge on any atom is -0.497 e. The summed E-state index contributed by atoms with van der Waals surface area (Å²) in [6, 6.07) is 11.4. The lowest BCUT2D eigenvalue weighted by Crippen LogP contribution is -2.43. The van der Waals surface area contributed by atoms with Crippen LogP contribution in [0.5, 0.6) is 5.75 Å². The molecule has 0 radical (unpaired) electrons. The molecule has 1 amide bonds. The molecular formula is C19H24N2O4. The molecule has 1 saturated heterocycles. The number of hydrogen-bond donors (Lipinski definition) is 1. The first-order valence-corrected chi connectivity index (χ1v) is 8.51. The summed E-state index contributed by atoms with van der Waals surface area (Å²) in [5.74, 6) is 1.65. The van der Waals surface area contributed by atoms with Crippen LogP contribution in [-0.4, -0.2) is 50.8 Å². The van der Waals surface area contributed by atoms with Crippen molar-refractivity contribution in [2.24, 2.45) is 0 Å². The molecule has 1 aliphatic rings. The van der Waals surface area contributed by atoms with Crippen molar-refractivity contribution in [2.45, 2.75) is 12.5 Å². The second kappa shape index (κ2) is 8.69. The molecule has 1 unspecified atom stereocenters. The lowest BCUT2D eigenvalue weighted by Gasteiger charge is -2.33. The third kappa shape index (κ3) is 4.84. The molecule has 2 aromatic rings. The van der Waals surface area contributed by atoms with Crippen LogP contribution in [-0.2, 0) is 16.0 Å². The number of benzene rings is 1. The molecule has 0 aliphatic carbocycles. The largest absolute Gasteiger partial charge is 0.497 e. The van der Waals surface area contributed by atoms with Crippen LogP contribution in [0.1, 0.15) is 17.4 Å². The van der Waals surface area contributed by atoms with Gasteiger partial charge in [0.25, 0.3) is 0 Å². The first kappa shape index (κ1) is 17.5. The highest BCUT2D eigenvalue weighted by molar-refractivity contribution is 5.78. The van der Waals surface area contributed by atoms with E-state index in [1.807, 2.05) is 36.4 Å². The monoisotopic (exact) mass is 344 g/mol. The van der Waals surface area contributed by atoms with Gasteiger partial charge in [0.2, 0.25) is 5.91 Å². The van der Waals surface area contributed by atoms with E-state index in [1.54, 1.807) is 13.4 Å². The number of morpholine rings is 1. The number of nitrogens with one attached hydrogen (secondary N) is 1. The predicted octanol–water partition coefficient (Wildman–Crippen LogP) is 2.02. The molecule has 6 nitrogen and oxygen atoms in total. The molecule has 3 rings (SSSR count). The van der Waals surface area contributed by atoms with Gasteiger partial charge in [0.1, 0.15) is 11.5 Å². The summed E-state index contributed by atoms with van der Waals surface area (Å²) in [7, 11) is 1.63. The molecule has 1 fully saturated rings. The normalized spacial score (nSPS) is 16.4. The fourth-order valence-corrected chi connectivity index (χ4v) is 2.98. The van der Waals surface area contributed by atoms with Crippen molar-refractivity contribution in [1.82, 2.24) is 10.2 Å². The standard InChI is InChI=1S/C19H24N2O4/c1-23-16-6-4-15(5-7-16)13-19(22)20-14-17(18-3-2-10-25-18)21-8-11-24-12-9-21/h2-7,10,17H,8-9,11-14H2,1H3,(H,20,22). The van der Waals surface area contributed by atoms with Gasteiger partial charge in [0.15, 0.2) is 0 Å². The number of carbonyl (C=O) groups is 1. The number of carbonyl (C=O) groups excluding carboxylic acids is 1. The second-order valence-corrected chi connectivity index (χ2v) is 6.01. The van der Waals surface area contributed by atoms with Crippen molar-refractivity contribution < 1.29 is 18.7 Å². The average molecular weight is 344 g/mol. The third-order valence-corrected chi connectivity index (χ3v) is 4.37. The molecule has 0 spiro atoms. The van der Waals surface area contributed by atoms with Gasteiger partial charge < -0.3 is 19.2 Å². The van der Waals surface area contributed by atoms with Gasteiger partial charge in [0.05, 0.1) is 39.0 Å². The Morgan fingerprint density at radius 1 is 1.24 bits per heavy atom. The Morgan fingerprint density at radius 2 is 2.00 bits per heavy atom. The quantitative estimate of drug-likeness (QED) is 0.832. The fourth-order valence-electron chi connectivity index (χ4n) is 2.98. The molecule has 1 aliphatic heterocycles. The van der Waals surface area contributed by atoms with E-state index in [-0.39, 0.29) is 11.9 Å². The Hall–Kier alpha value is -2.31. The molecule has 1 aromatic carbocycles. The summed E-state index contributed by atoms with van der Waals surface area (Å²) in [6.45, 7) is 3.59. The van der Waals surface area contributed by atoms with Gasteiger partial charge in [-0.2, -0.15) is 0 Å². The Morgan fingerprint density at radius 3 is 2.64 bits per heavy atom. The maximum Gasteiger partial charge on any atom is 0.224 e. The highest BCUT2D eigenvalue weighted by Gasteiger charge is 2.25. The third-order valence-electron chi connectivity index (χ3n) is 4.37. The molecule has 1 atom stereocenters. The maximum absolute atomic E-state index is 12.3. The summed E-state index contributed by atoms with van der Waals surface area (Å²) in [5.41, 5.74) is 0.958. The van der Waals surface area contributed by atoms with Crippen LogP contribution < -0.4 is 10.1 Å². The van der Waals surface area contributed by atoms with E-state index in [9.17, 15) is 4.79 Å². The molecule has 1 N–H and O–H groups in total. The smallest absolute Gasteiger partial charge is 0.224 e. The minimum absolute atomic E-state index is 0.00465. The average Bonchev–Trinajstić information content (AvgIpc) is 3.18. The lowest BCUT2D eigenvalue weighted by molar-refractivity contribution is -0.120. The number of furan rings is 1. The minimum atomic E-state index is -0.00465. The van der Waals surface area contributed by atoms with Crippen LogP contribution in [0.25, 0.3) is 0 Å². The van der Waals surface area contributed by atoms with Crippen molar-refractivity contribution in [3.05, 3.63) is 54.0 Å². The zero-order valence-electron chi connectivity index (χ0n) is 14.4. The van der Waals surface area contributed by atoms with Gasteiger partial charge in [-0.15, -0.1) is 0 Å². The van der Waals surface area contributed by atoms with Gasteiger partial charge in [-0.1, -0.05) is 12.1 Å². The summed E-state index contributed by atoms with van der Waals surface area (Å²) in [4.78, 5) is 14.6. The van der Waals surface area contributed by atoms with E-state index in [2.05, 4.69) is 10.2 Å². The van der Waals surface area contributed by atoms with Gasteiger partial charge in [0, 0.05) is 19.6 Å². The Kier molecular flexibility index (Phi) is 6.09. The highest BCUT2D eigenvalue weighted by atomic mass is 16.5. The number of hydrogen-bond acceptors (Lipinski definition) is 5. The van der Waals surface area contributed by atoms with E-state index < -0.39 is 0 Å². The van der Waals surface area contributed by atoms with Crippen LogP contribution in [0.4, 0.5) is 0 Å². The van der Waals surface area contributed by atoms with Gasteiger partial charge in [-0.3, -0.25) is 9.69 Å². The molecule has 0 saturated carbocycles. The lowest BCUT2D eigenvalue weighted by atomic mass is 10.1. The van der Waals surface area contributed by atoms with Crippen molar-refractivity contribution in [1.29, 1.82) is 0 Å². The number of methoxy groups -OCH3 is 1. The van der Waals surface area contributed by atoms with Gasteiger partial charge >= 0.3 is 0 Å². The van der Waals surface area contributed by atoms with Crippen molar-refractivity contribution in [3.63, 3.8) is 0 Å². The molecular weight excluding hydrogens is 320 g/mol. The molecule has 2 heterocycles. The first-order chi connectivity index (χ1) is 12.3. The summed E-state index contributed by atoms with van der Waals surface area (Å²) < 4.78 is 16.1. The summed E-state index contributed by atoms with van der Waals surface area (Å²) in [5, 5.41) is 3.03. The van der Waals surface area contributed by atoms with Crippen LogP contribution in [0.2, 0.25) is 0 Å². The van der Waals surface area contributed by atoms with E-state index in [0.29, 0.717) is 26.2 Å². The maximum atomic E-state index is 12.3. The Bertz CT molecular complexity index is 649. The van der Waals surface area contributed by atoms with Crippen LogP contribution in [0, 0.1) is 0 Å². The second-order valence-electron chi connectivity index (χ2n) is 6.01. The zero-order chi connectivity index (χ0) is 17.5. The van der Waals surface area contributed by atoms with Crippen molar-refractivity contribution in [3.8, 4) is 5.75 Å². The van der Waals surface area contributed by atoms with E-state index in [4.69, 9.17) is 13.9 Å². The molecule has 0 bridgehead atoms. The van der Waals surface area contributed by atoms with Gasteiger partial charge in [-0.25, -0.2) is 0 Å². The molecule has 1 aromatic heterocycles. The van der Waals surface area contributed by atoms with Crippen LogP contribution >= 0.6 is 0 Å². The zero-order valence-corrected chi connectivity index (χ0v) is 14.4. The number of rotatable bonds is 7.